The number of rotatable bonds is 3. The first-order valence-corrected chi connectivity index (χ1v) is 5.35. The normalized spacial score (nSPS) is 10.4. The fraction of sp³-hybridized carbons (Fsp3) is 0.154. The summed E-state index contributed by atoms with van der Waals surface area (Å²) in [5, 5.41) is 2.81. The van der Waals surface area contributed by atoms with Crippen LogP contribution in [0.1, 0.15) is 11.1 Å². The van der Waals surface area contributed by atoms with E-state index >= 15 is 0 Å². The summed E-state index contributed by atoms with van der Waals surface area (Å²) in [5.74, 6) is -3.88. The number of aromatic nitrogens is 1. The van der Waals surface area contributed by atoms with E-state index in [1.807, 2.05) is 13.0 Å². The second kappa shape index (κ2) is 5.08. The van der Waals surface area contributed by atoms with Gasteiger partial charge in [-0.05, 0) is 18.1 Å². The monoisotopic (exact) mass is 252 g/mol. The molecule has 2 aromatic rings. The van der Waals surface area contributed by atoms with Crippen molar-refractivity contribution in [3.8, 4) is 0 Å². The van der Waals surface area contributed by atoms with E-state index in [0.29, 0.717) is 6.54 Å². The molecule has 0 spiro atoms. The Morgan fingerprint density at radius 1 is 1.06 bits per heavy atom. The van der Waals surface area contributed by atoms with Crippen LogP contribution in [0.25, 0.3) is 0 Å². The van der Waals surface area contributed by atoms with Crippen molar-refractivity contribution in [1.82, 2.24) is 4.98 Å². The first kappa shape index (κ1) is 12.4. The zero-order chi connectivity index (χ0) is 13.1. The number of nitrogens with zero attached hydrogens (tertiary/aromatic N) is 1. The highest BCUT2D eigenvalue weighted by molar-refractivity contribution is 5.44. The van der Waals surface area contributed by atoms with Crippen LogP contribution in [0, 0.1) is 24.4 Å². The van der Waals surface area contributed by atoms with Crippen molar-refractivity contribution >= 4 is 5.69 Å². The van der Waals surface area contributed by atoms with Gasteiger partial charge in [-0.15, -0.1) is 0 Å². The Hall–Kier alpha value is -2.04. The molecule has 0 amide bonds. The van der Waals surface area contributed by atoms with Gasteiger partial charge in [-0.3, -0.25) is 4.98 Å². The van der Waals surface area contributed by atoms with Crippen LogP contribution < -0.4 is 5.32 Å². The molecule has 1 N–H and O–H groups in total. The fourth-order valence-electron chi connectivity index (χ4n) is 1.58. The summed E-state index contributed by atoms with van der Waals surface area (Å²) in [7, 11) is 0. The lowest BCUT2D eigenvalue weighted by molar-refractivity contribution is 0.447. The molecule has 0 aliphatic heterocycles. The molecule has 1 heterocycles. The Kier molecular flexibility index (Phi) is 3.50. The van der Waals surface area contributed by atoms with Crippen molar-refractivity contribution in [2.75, 3.05) is 5.32 Å². The molecule has 0 saturated carbocycles. The van der Waals surface area contributed by atoms with Crippen LogP contribution in [0.15, 0.2) is 30.6 Å². The van der Waals surface area contributed by atoms with Crippen LogP contribution in [0.5, 0.6) is 0 Å². The molecular weight excluding hydrogens is 241 g/mol. The molecule has 2 nitrogen and oxygen atoms in total. The average Bonchev–Trinajstić information content (AvgIpc) is 2.33. The number of anilines is 1. The number of benzene rings is 1. The minimum Gasteiger partial charge on any atom is -0.381 e. The van der Waals surface area contributed by atoms with E-state index in [1.54, 1.807) is 12.4 Å². The van der Waals surface area contributed by atoms with Gasteiger partial charge < -0.3 is 5.32 Å². The zero-order valence-electron chi connectivity index (χ0n) is 9.67. The highest BCUT2D eigenvalue weighted by atomic mass is 19.2. The maximum atomic E-state index is 13.0. The molecule has 0 radical (unpaired) electrons. The molecule has 1 aromatic heterocycles. The Balaban J connectivity index is 2.11. The Bertz CT molecular complexity index is 547. The van der Waals surface area contributed by atoms with Crippen LogP contribution in [0.3, 0.4) is 0 Å². The first-order valence-electron chi connectivity index (χ1n) is 5.35. The lowest BCUT2D eigenvalue weighted by Gasteiger charge is -2.07. The van der Waals surface area contributed by atoms with E-state index in [-0.39, 0.29) is 5.69 Å². The van der Waals surface area contributed by atoms with Gasteiger partial charge in [0.1, 0.15) is 0 Å². The molecule has 2 rings (SSSR count). The highest BCUT2D eigenvalue weighted by Crippen LogP contribution is 2.18. The molecule has 94 valence electrons. The van der Waals surface area contributed by atoms with Crippen molar-refractivity contribution in [1.29, 1.82) is 0 Å². The molecule has 0 aliphatic rings. The number of hydrogen-bond acceptors (Lipinski definition) is 2. The van der Waals surface area contributed by atoms with E-state index < -0.39 is 17.5 Å². The van der Waals surface area contributed by atoms with E-state index in [0.717, 1.165) is 23.3 Å². The van der Waals surface area contributed by atoms with Crippen LogP contribution >= 0.6 is 0 Å². The van der Waals surface area contributed by atoms with Crippen molar-refractivity contribution in [3.05, 3.63) is 59.2 Å². The van der Waals surface area contributed by atoms with Crippen molar-refractivity contribution in [2.24, 2.45) is 0 Å². The third-order valence-electron chi connectivity index (χ3n) is 2.41. The molecule has 0 fully saturated rings. The van der Waals surface area contributed by atoms with Gasteiger partial charge in [0.2, 0.25) is 0 Å². The second-order valence-electron chi connectivity index (χ2n) is 3.98. The summed E-state index contributed by atoms with van der Waals surface area (Å²) >= 11 is 0. The molecule has 0 unspecified atom stereocenters. The van der Waals surface area contributed by atoms with E-state index in [9.17, 15) is 13.2 Å². The van der Waals surface area contributed by atoms with Gasteiger partial charge in [0.25, 0.3) is 0 Å². The predicted molar refractivity (Wildman–Crippen MR) is 62.6 cm³/mol. The smallest absolute Gasteiger partial charge is 0.194 e. The molecular formula is C13H11F3N2. The van der Waals surface area contributed by atoms with Gasteiger partial charge in [0, 0.05) is 36.8 Å². The maximum Gasteiger partial charge on any atom is 0.194 e. The summed E-state index contributed by atoms with van der Waals surface area (Å²) < 4.78 is 38.7. The summed E-state index contributed by atoms with van der Waals surface area (Å²) in [4.78, 5) is 4.00. The Morgan fingerprint density at radius 3 is 2.33 bits per heavy atom. The molecule has 1 aromatic carbocycles. The maximum absolute atomic E-state index is 13.0. The lowest BCUT2D eigenvalue weighted by Crippen LogP contribution is -2.02. The molecule has 18 heavy (non-hydrogen) atoms. The number of pyridine rings is 1. The van der Waals surface area contributed by atoms with Gasteiger partial charge in [-0.1, -0.05) is 6.07 Å². The lowest BCUT2D eigenvalue weighted by atomic mass is 10.2. The number of halogens is 3. The first-order chi connectivity index (χ1) is 8.56. The summed E-state index contributed by atoms with van der Waals surface area (Å²) in [6, 6.07) is 3.74. The largest absolute Gasteiger partial charge is 0.381 e. The minimum atomic E-state index is -1.46. The zero-order valence-corrected chi connectivity index (χ0v) is 9.67. The van der Waals surface area contributed by atoms with Gasteiger partial charge in [-0.2, -0.15) is 0 Å². The van der Waals surface area contributed by atoms with Gasteiger partial charge in [0.05, 0.1) is 0 Å². The SMILES string of the molecule is Cc1cncc(CNc2cc(F)c(F)c(F)c2)c1. The van der Waals surface area contributed by atoms with Crippen molar-refractivity contribution in [2.45, 2.75) is 13.5 Å². The number of hydrogen-bond donors (Lipinski definition) is 1. The summed E-state index contributed by atoms with van der Waals surface area (Å²) in [6.07, 6.45) is 3.36. The van der Waals surface area contributed by atoms with Crippen molar-refractivity contribution in [3.63, 3.8) is 0 Å². The highest BCUT2D eigenvalue weighted by Gasteiger charge is 2.10. The van der Waals surface area contributed by atoms with Crippen LogP contribution in [0.4, 0.5) is 18.9 Å². The van der Waals surface area contributed by atoms with Gasteiger partial charge >= 0.3 is 0 Å². The van der Waals surface area contributed by atoms with Crippen LogP contribution in [-0.4, -0.2) is 4.98 Å². The van der Waals surface area contributed by atoms with E-state index in [2.05, 4.69) is 10.3 Å². The number of nitrogens with one attached hydrogen (secondary N) is 1. The summed E-state index contributed by atoms with van der Waals surface area (Å²) in [6.45, 7) is 2.26. The quantitative estimate of drug-likeness (QED) is 0.847. The fourth-order valence-corrected chi connectivity index (χ4v) is 1.58. The van der Waals surface area contributed by atoms with Crippen LogP contribution in [-0.2, 0) is 6.54 Å². The van der Waals surface area contributed by atoms with Gasteiger partial charge in [-0.25, -0.2) is 13.2 Å². The van der Waals surface area contributed by atoms with Gasteiger partial charge in [0.15, 0.2) is 17.5 Å². The molecule has 0 bridgehead atoms. The summed E-state index contributed by atoms with van der Waals surface area (Å²) in [5.41, 5.74) is 2.05. The van der Waals surface area contributed by atoms with Crippen molar-refractivity contribution < 1.29 is 13.2 Å². The van der Waals surface area contributed by atoms with E-state index in [1.165, 1.54) is 0 Å². The Morgan fingerprint density at radius 2 is 1.72 bits per heavy atom. The molecule has 0 atom stereocenters. The topological polar surface area (TPSA) is 24.9 Å². The molecule has 5 heteroatoms. The molecule has 0 aliphatic carbocycles. The second-order valence-corrected chi connectivity index (χ2v) is 3.98. The van der Waals surface area contributed by atoms with E-state index in [4.69, 9.17) is 0 Å². The third kappa shape index (κ3) is 2.80. The standard InChI is InChI=1S/C13H11F3N2/c1-8-2-9(6-17-5-8)7-18-10-3-11(14)13(16)12(15)4-10/h2-6,18H,7H2,1H3. The minimum absolute atomic E-state index is 0.188. The Labute approximate surface area is 102 Å². The number of aryl methyl sites for hydroxylation is 1. The van der Waals surface area contributed by atoms with Crippen LogP contribution in [0.2, 0.25) is 0 Å². The average molecular weight is 252 g/mol. The predicted octanol–water partition coefficient (Wildman–Crippen LogP) is 3.42. The molecule has 0 saturated heterocycles. The third-order valence-corrected chi connectivity index (χ3v) is 2.41.